The van der Waals surface area contributed by atoms with Crippen molar-refractivity contribution in [1.29, 1.82) is 0 Å². The highest BCUT2D eigenvalue weighted by atomic mass is 79.9. The van der Waals surface area contributed by atoms with Gasteiger partial charge in [0.05, 0.1) is 17.9 Å². The summed E-state index contributed by atoms with van der Waals surface area (Å²) in [5, 5.41) is 0. The quantitative estimate of drug-likeness (QED) is 0.518. The van der Waals surface area contributed by atoms with E-state index in [4.69, 9.17) is 4.74 Å². The van der Waals surface area contributed by atoms with Gasteiger partial charge in [0.25, 0.3) is 0 Å². The number of hydrogen-bond acceptors (Lipinski definition) is 4. The van der Waals surface area contributed by atoms with Gasteiger partial charge in [0.2, 0.25) is 10.0 Å². The second kappa shape index (κ2) is 8.64. The fourth-order valence-electron chi connectivity index (χ4n) is 2.88. The zero-order chi connectivity index (χ0) is 21.2. The van der Waals surface area contributed by atoms with E-state index in [1.165, 1.54) is 12.1 Å². The number of sulfonamides is 1. The van der Waals surface area contributed by atoms with Crippen molar-refractivity contribution >= 4 is 26.0 Å². The Kier molecular flexibility index (Phi) is 6.40. The number of nitrogens with zero attached hydrogens (tertiary/aromatic N) is 2. The predicted molar refractivity (Wildman–Crippen MR) is 112 cm³/mol. The minimum absolute atomic E-state index is 0.354. The molecule has 0 aliphatic heterocycles. The van der Waals surface area contributed by atoms with E-state index in [2.05, 4.69) is 25.6 Å². The molecule has 1 unspecified atom stereocenters. The van der Waals surface area contributed by atoms with Crippen molar-refractivity contribution in [2.45, 2.75) is 38.3 Å². The molecule has 3 aromatic rings. The SMILES string of the molecule is CCn1c(C(C)NS(=O)(=O)c2ccc(Br)cc2F)cnc1Oc1ccc(C)cc1. The van der Waals surface area contributed by atoms with E-state index in [9.17, 15) is 12.8 Å². The van der Waals surface area contributed by atoms with E-state index in [-0.39, 0.29) is 0 Å². The minimum atomic E-state index is -4.06. The van der Waals surface area contributed by atoms with Gasteiger partial charge in [0.15, 0.2) is 0 Å². The maximum absolute atomic E-state index is 14.1. The molecular formula is C20H21BrFN3O3S. The van der Waals surface area contributed by atoms with Gasteiger partial charge in [0.1, 0.15) is 16.5 Å². The van der Waals surface area contributed by atoms with Crippen LogP contribution in [0.4, 0.5) is 4.39 Å². The van der Waals surface area contributed by atoms with Crippen LogP contribution in [0.1, 0.15) is 31.1 Å². The van der Waals surface area contributed by atoms with Crippen LogP contribution in [0.5, 0.6) is 11.8 Å². The van der Waals surface area contributed by atoms with Crippen LogP contribution in [-0.2, 0) is 16.6 Å². The molecule has 0 bridgehead atoms. The standard InChI is InChI=1S/C20H21BrFN3O3S/c1-4-25-18(12-23-20(25)28-16-8-5-13(2)6-9-16)14(3)24-29(26,27)19-10-7-15(21)11-17(19)22/h5-12,14,24H,4H2,1-3H3. The maximum Gasteiger partial charge on any atom is 0.302 e. The monoisotopic (exact) mass is 481 g/mol. The molecule has 1 aromatic heterocycles. The summed E-state index contributed by atoms with van der Waals surface area (Å²) >= 11 is 3.12. The van der Waals surface area contributed by atoms with Crippen LogP contribution < -0.4 is 9.46 Å². The zero-order valence-electron chi connectivity index (χ0n) is 16.2. The van der Waals surface area contributed by atoms with Crippen molar-refractivity contribution in [3.63, 3.8) is 0 Å². The molecule has 0 saturated heterocycles. The van der Waals surface area contributed by atoms with Crippen molar-refractivity contribution in [1.82, 2.24) is 14.3 Å². The summed E-state index contributed by atoms with van der Waals surface area (Å²) in [7, 11) is -4.06. The number of halogens is 2. The average molecular weight is 482 g/mol. The van der Waals surface area contributed by atoms with E-state index in [0.29, 0.717) is 28.5 Å². The van der Waals surface area contributed by atoms with Crippen LogP contribution in [0.3, 0.4) is 0 Å². The molecule has 9 heteroatoms. The van der Waals surface area contributed by atoms with Crippen LogP contribution in [0.25, 0.3) is 0 Å². The Hall–Kier alpha value is -2.23. The van der Waals surface area contributed by atoms with Crippen LogP contribution in [0.2, 0.25) is 0 Å². The topological polar surface area (TPSA) is 73.2 Å². The summed E-state index contributed by atoms with van der Waals surface area (Å²) in [6, 6.07) is 11.1. The number of aryl methyl sites for hydroxylation is 1. The summed E-state index contributed by atoms with van der Waals surface area (Å²) in [4.78, 5) is 3.87. The summed E-state index contributed by atoms with van der Waals surface area (Å²) in [5.74, 6) is -0.195. The fourth-order valence-corrected chi connectivity index (χ4v) is 4.49. The molecule has 0 radical (unpaired) electrons. The first kappa shape index (κ1) is 21.5. The van der Waals surface area contributed by atoms with Gasteiger partial charge in [-0.15, -0.1) is 0 Å². The summed E-state index contributed by atoms with van der Waals surface area (Å²) in [6.07, 6.45) is 1.55. The van der Waals surface area contributed by atoms with Gasteiger partial charge in [0, 0.05) is 11.0 Å². The fraction of sp³-hybridized carbons (Fsp3) is 0.250. The first-order chi connectivity index (χ1) is 13.7. The average Bonchev–Trinajstić information content (AvgIpc) is 3.05. The normalized spacial score (nSPS) is 12.7. The highest BCUT2D eigenvalue weighted by Crippen LogP contribution is 2.26. The van der Waals surface area contributed by atoms with Gasteiger partial charge in [-0.3, -0.25) is 4.57 Å². The second-order valence-electron chi connectivity index (χ2n) is 6.54. The van der Waals surface area contributed by atoms with Crippen LogP contribution in [0.15, 0.2) is 58.0 Å². The molecule has 6 nitrogen and oxygen atoms in total. The molecule has 0 fully saturated rings. The van der Waals surface area contributed by atoms with Crippen molar-refractivity contribution in [2.75, 3.05) is 0 Å². The Balaban J connectivity index is 1.84. The number of aromatic nitrogens is 2. The van der Waals surface area contributed by atoms with E-state index in [1.807, 2.05) is 38.1 Å². The number of rotatable bonds is 7. The van der Waals surface area contributed by atoms with Gasteiger partial charge in [-0.2, -0.15) is 0 Å². The number of imidazole rings is 1. The molecule has 0 aliphatic carbocycles. The number of ether oxygens (including phenoxy) is 1. The predicted octanol–water partition coefficient (Wildman–Crippen LogP) is 4.94. The molecule has 29 heavy (non-hydrogen) atoms. The van der Waals surface area contributed by atoms with Crippen LogP contribution >= 0.6 is 15.9 Å². The summed E-state index contributed by atoms with van der Waals surface area (Å²) < 4.78 is 50.0. The highest BCUT2D eigenvalue weighted by Gasteiger charge is 2.25. The lowest BCUT2D eigenvalue weighted by Gasteiger charge is -2.17. The Labute approximate surface area is 177 Å². The molecule has 0 saturated carbocycles. The van der Waals surface area contributed by atoms with Crippen molar-refractivity contribution in [3.8, 4) is 11.8 Å². The van der Waals surface area contributed by atoms with E-state index in [0.717, 1.165) is 11.6 Å². The molecular weight excluding hydrogens is 461 g/mol. The Bertz CT molecular complexity index is 1110. The largest absolute Gasteiger partial charge is 0.426 e. The van der Waals surface area contributed by atoms with Crippen molar-refractivity contribution < 1.29 is 17.5 Å². The van der Waals surface area contributed by atoms with Gasteiger partial charge >= 0.3 is 6.01 Å². The third kappa shape index (κ3) is 4.85. The molecule has 154 valence electrons. The van der Waals surface area contributed by atoms with Crippen molar-refractivity contribution in [3.05, 3.63) is 70.2 Å². The lowest BCUT2D eigenvalue weighted by molar-refractivity contribution is 0.408. The molecule has 3 rings (SSSR count). The summed E-state index contributed by atoms with van der Waals surface area (Å²) in [6.45, 7) is 6.09. The first-order valence-corrected chi connectivity index (χ1v) is 11.3. The van der Waals surface area contributed by atoms with Gasteiger partial charge in [-0.1, -0.05) is 33.6 Å². The van der Waals surface area contributed by atoms with E-state index < -0.39 is 26.8 Å². The Morgan fingerprint density at radius 3 is 2.55 bits per heavy atom. The zero-order valence-corrected chi connectivity index (χ0v) is 18.6. The highest BCUT2D eigenvalue weighted by molar-refractivity contribution is 9.10. The smallest absolute Gasteiger partial charge is 0.302 e. The summed E-state index contributed by atoms with van der Waals surface area (Å²) in [5.41, 5.74) is 1.72. The molecule has 1 atom stereocenters. The Morgan fingerprint density at radius 2 is 1.93 bits per heavy atom. The first-order valence-electron chi connectivity index (χ1n) is 8.98. The van der Waals surface area contributed by atoms with Gasteiger partial charge in [-0.05, 0) is 51.1 Å². The minimum Gasteiger partial charge on any atom is -0.426 e. The lowest BCUT2D eigenvalue weighted by atomic mass is 10.2. The molecule has 0 spiro atoms. The maximum atomic E-state index is 14.1. The molecule has 0 amide bonds. The number of hydrogen-bond donors (Lipinski definition) is 1. The third-order valence-electron chi connectivity index (χ3n) is 4.36. The van der Waals surface area contributed by atoms with Crippen LogP contribution in [-0.4, -0.2) is 18.0 Å². The molecule has 1 N–H and O–H groups in total. The lowest BCUT2D eigenvalue weighted by Crippen LogP contribution is -2.29. The Morgan fingerprint density at radius 1 is 1.24 bits per heavy atom. The molecule has 1 heterocycles. The molecule has 0 aliphatic rings. The number of benzene rings is 2. The van der Waals surface area contributed by atoms with Crippen molar-refractivity contribution in [2.24, 2.45) is 0 Å². The van der Waals surface area contributed by atoms with E-state index in [1.54, 1.807) is 17.7 Å². The van der Waals surface area contributed by atoms with Gasteiger partial charge in [-0.25, -0.2) is 22.5 Å². The molecule has 2 aromatic carbocycles. The second-order valence-corrected chi connectivity index (χ2v) is 9.14. The van der Waals surface area contributed by atoms with E-state index >= 15 is 0 Å². The van der Waals surface area contributed by atoms with Crippen LogP contribution in [0, 0.1) is 12.7 Å². The van der Waals surface area contributed by atoms with Gasteiger partial charge < -0.3 is 4.74 Å². The number of nitrogens with one attached hydrogen (secondary N) is 1. The third-order valence-corrected chi connectivity index (χ3v) is 6.42.